The van der Waals surface area contributed by atoms with Crippen molar-refractivity contribution >= 4 is 0 Å². The number of terminal acetylenes is 1. The van der Waals surface area contributed by atoms with Crippen LogP contribution in [0.1, 0.15) is 12.0 Å². The zero-order valence-electron chi connectivity index (χ0n) is 6.90. The lowest BCUT2D eigenvalue weighted by Gasteiger charge is -2.06. The van der Waals surface area contributed by atoms with E-state index < -0.39 is 0 Å². The Labute approximate surface area is 72.8 Å². The van der Waals surface area contributed by atoms with E-state index in [-0.39, 0.29) is 6.04 Å². The van der Waals surface area contributed by atoms with Crippen molar-refractivity contribution in [2.75, 3.05) is 0 Å². The molecule has 0 aliphatic rings. The summed E-state index contributed by atoms with van der Waals surface area (Å²) in [5.41, 5.74) is 6.94. The van der Waals surface area contributed by atoms with E-state index in [1.807, 2.05) is 12.1 Å². The van der Waals surface area contributed by atoms with Gasteiger partial charge in [0, 0.05) is 24.9 Å². The minimum atomic E-state index is 0.0670. The van der Waals surface area contributed by atoms with Crippen molar-refractivity contribution in [2.24, 2.45) is 5.73 Å². The van der Waals surface area contributed by atoms with Gasteiger partial charge in [-0.2, -0.15) is 0 Å². The first-order chi connectivity index (χ1) is 5.83. The van der Waals surface area contributed by atoms with Crippen molar-refractivity contribution in [3.8, 4) is 12.3 Å². The molecular weight excluding hydrogens is 148 g/mol. The van der Waals surface area contributed by atoms with Gasteiger partial charge in [-0.05, 0) is 24.1 Å². The Hall–Kier alpha value is -1.33. The van der Waals surface area contributed by atoms with Crippen molar-refractivity contribution in [1.82, 2.24) is 4.98 Å². The topological polar surface area (TPSA) is 38.9 Å². The maximum Gasteiger partial charge on any atom is 0.0270 e. The molecule has 2 heteroatoms. The second-order valence-corrected chi connectivity index (χ2v) is 2.73. The molecule has 1 atom stereocenters. The number of hydrogen-bond acceptors (Lipinski definition) is 2. The first-order valence-electron chi connectivity index (χ1n) is 3.91. The van der Waals surface area contributed by atoms with Crippen LogP contribution in [0.15, 0.2) is 24.5 Å². The Kier molecular flexibility index (Phi) is 3.31. The highest BCUT2D eigenvalue weighted by molar-refractivity contribution is 5.11. The molecule has 2 N–H and O–H groups in total. The summed E-state index contributed by atoms with van der Waals surface area (Å²) in [6, 6.07) is 3.98. The third-order valence-electron chi connectivity index (χ3n) is 1.63. The molecule has 0 saturated heterocycles. The average molecular weight is 160 g/mol. The van der Waals surface area contributed by atoms with Gasteiger partial charge < -0.3 is 5.73 Å². The normalized spacial score (nSPS) is 12.0. The second-order valence-electron chi connectivity index (χ2n) is 2.73. The van der Waals surface area contributed by atoms with Gasteiger partial charge in [-0.25, -0.2) is 0 Å². The maximum absolute atomic E-state index is 5.75. The van der Waals surface area contributed by atoms with Crippen LogP contribution < -0.4 is 5.73 Å². The van der Waals surface area contributed by atoms with E-state index in [1.54, 1.807) is 12.4 Å². The van der Waals surface area contributed by atoms with Gasteiger partial charge in [-0.15, -0.1) is 12.3 Å². The van der Waals surface area contributed by atoms with E-state index in [1.165, 1.54) is 5.56 Å². The number of rotatable bonds is 3. The van der Waals surface area contributed by atoms with Crippen LogP contribution in [0.3, 0.4) is 0 Å². The van der Waals surface area contributed by atoms with Gasteiger partial charge in [0.2, 0.25) is 0 Å². The largest absolute Gasteiger partial charge is 0.327 e. The van der Waals surface area contributed by atoms with E-state index in [2.05, 4.69) is 10.9 Å². The summed E-state index contributed by atoms with van der Waals surface area (Å²) in [7, 11) is 0. The van der Waals surface area contributed by atoms with Gasteiger partial charge in [0.1, 0.15) is 0 Å². The molecule has 0 saturated carbocycles. The van der Waals surface area contributed by atoms with E-state index in [9.17, 15) is 0 Å². The van der Waals surface area contributed by atoms with Crippen LogP contribution in [0.4, 0.5) is 0 Å². The number of hydrogen-bond donors (Lipinski definition) is 1. The first kappa shape index (κ1) is 8.76. The highest BCUT2D eigenvalue weighted by atomic mass is 14.6. The fourth-order valence-electron chi connectivity index (χ4n) is 1.05. The average Bonchev–Trinajstić information content (AvgIpc) is 2.06. The molecule has 0 bridgehead atoms. The van der Waals surface area contributed by atoms with E-state index in [0.29, 0.717) is 6.42 Å². The summed E-state index contributed by atoms with van der Waals surface area (Å²) in [6.45, 7) is 0. The Bertz CT molecular complexity index is 261. The van der Waals surface area contributed by atoms with Crippen molar-refractivity contribution < 1.29 is 0 Å². The van der Waals surface area contributed by atoms with Crippen molar-refractivity contribution in [1.29, 1.82) is 0 Å². The van der Waals surface area contributed by atoms with Crippen molar-refractivity contribution in [2.45, 2.75) is 18.9 Å². The molecule has 0 aliphatic carbocycles. The van der Waals surface area contributed by atoms with Crippen LogP contribution in [0.2, 0.25) is 0 Å². The maximum atomic E-state index is 5.75. The van der Waals surface area contributed by atoms with Gasteiger partial charge in [0.15, 0.2) is 0 Å². The van der Waals surface area contributed by atoms with Gasteiger partial charge in [0.25, 0.3) is 0 Å². The summed E-state index contributed by atoms with van der Waals surface area (Å²) >= 11 is 0. The minimum absolute atomic E-state index is 0.0670. The Morgan fingerprint density at radius 1 is 1.50 bits per heavy atom. The van der Waals surface area contributed by atoms with Crippen molar-refractivity contribution in [3.05, 3.63) is 30.1 Å². The number of aromatic nitrogens is 1. The number of nitrogens with two attached hydrogens (primary N) is 1. The van der Waals surface area contributed by atoms with Gasteiger partial charge in [-0.1, -0.05) is 0 Å². The highest BCUT2D eigenvalue weighted by Crippen LogP contribution is 2.01. The molecule has 1 unspecified atom stereocenters. The highest BCUT2D eigenvalue weighted by Gasteiger charge is 2.00. The molecule has 1 aromatic rings. The summed E-state index contributed by atoms with van der Waals surface area (Å²) < 4.78 is 0. The Morgan fingerprint density at radius 2 is 2.17 bits per heavy atom. The van der Waals surface area contributed by atoms with Gasteiger partial charge >= 0.3 is 0 Å². The predicted octanol–water partition coefficient (Wildman–Crippen LogP) is 0.975. The zero-order valence-corrected chi connectivity index (χ0v) is 6.90. The fraction of sp³-hybridized carbons (Fsp3) is 0.300. The fourth-order valence-corrected chi connectivity index (χ4v) is 1.05. The lowest BCUT2D eigenvalue weighted by Crippen LogP contribution is -2.21. The standard InChI is InChI=1S/C10H12N2/c1-2-3-10(11)8-9-4-6-12-7-5-9/h1,4-7,10H,3,8,11H2. The van der Waals surface area contributed by atoms with Gasteiger partial charge in [0.05, 0.1) is 0 Å². The third kappa shape index (κ3) is 2.73. The zero-order chi connectivity index (χ0) is 8.81. The van der Waals surface area contributed by atoms with E-state index in [0.717, 1.165) is 6.42 Å². The lowest BCUT2D eigenvalue weighted by molar-refractivity contribution is 0.689. The Balaban J connectivity index is 2.48. The van der Waals surface area contributed by atoms with Crippen LogP contribution in [-0.4, -0.2) is 11.0 Å². The SMILES string of the molecule is C#CCC(N)Cc1ccncc1. The van der Waals surface area contributed by atoms with Crippen LogP contribution in [0, 0.1) is 12.3 Å². The number of pyridine rings is 1. The molecule has 0 radical (unpaired) electrons. The molecular formula is C10H12N2. The van der Waals surface area contributed by atoms with Crippen LogP contribution >= 0.6 is 0 Å². The molecule has 62 valence electrons. The summed E-state index contributed by atoms with van der Waals surface area (Å²) in [5.74, 6) is 2.55. The molecule has 12 heavy (non-hydrogen) atoms. The predicted molar refractivity (Wildman–Crippen MR) is 49.4 cm³/mol. The first-order valence-corrected chi connectivity index (χ1v) is 3.91. The molecule has 0 fully saturated rings. The smallest absolute Gasteiger partial charge is 0.0270 e. The molecule has 1 heterocycles. The molecule has 0 spiro atoms. The summed E-state index contributed by atoms with van der Waals surface area (Å²) in [5, 5.41) is 0. The molecule has 1 aromatic heterocycles. The van der Waals surface area contributed by atoms with Crippen LogP contribution in [0.25, 0.3) is 0 Å². The molecule has 2 nitrogen and oxygen atoms in total. The summed E-state index contributed by atoms with van der Waals surface area (Å²) in [4.78, 5) is 3.92. The number of nitrogens with zero attached hydrogens (tertiary/aromatic N) is 1. The molecule has 0 aromatic carbocycles. The summed E-state index contributed by atoms with van der Waals surface area (Å²) in [6.07, 6.45) is 10.1. The van der Waals surface area contributed by atoms with Crippen LogP contribution in [-0.2, 0) is 6.42 Å². The molecule has 1 rings (SSSR count). The molecule has 0 amide bonds. The van der Waals surface area contributed by atoms with Crippen LogP contribution in [0.5, 0.6) is 0 Å². The Morgan fingerprint density at radius 3 is 2.75 bits per heavy atom. The monoisotopic (exact) mass is 160 g/mol. The second kappa shape index (κ2) is 4.53. The molecule has 0 aliphatic heterocycles. The quantitative estimate of drug-likeness (QED) is 0.669. The van der Waals surface area contributed by atoms with E-state index >= 15 is 0 Å². The van der Waals surface area contributed by atoms with Gasteiger partial charge in [-0.3, -0.25) is 4.98 Å². The van der Waals surface area contributed by atoms with Crippen molar-refractivity contribution in [3.63, 3.8) is 0 Å². The minimum Gasteiger partial charge on any atom is -0.327 e. The lowest BCUT2D eigenvalue weighted by atomic mass is 10.1. The third-order valence-corrected chi connectivity index (χ3v) is 1.63. The van der Waals surface area contributed by atoms with E-state index in [4.69, 9.17) is 12.2 Å².